The SMILES string of the molecule is N#Cc1ccccc1-c1cc(-c2ccccn2)cn(-c2ccccc2)c1=O.N#Cc1ccccc1B1OCCCO1.O=c1[nH]cc(-c2ccccn2)cc1Br.O=c1c(Br)cc(-c2ccccn2)cn1-c1ccccc1.O=c1ccc(-c2ccccn2)c[nH]1.OB(O)c1ccccc1. The molecule has 22 heteroatoms. The van der Waals surface area contributed by atoms with E-state index in [9.17, 15) is 24.4 Å². The quantitative estimate of drug-likeness (QED) is 0.0979. The van der Waals surface area contributed by atoms with Gasteiger partial charge < -0.3 is 29.3 Å². The molecular formula is C75H58B2Br2N10O8. The van der Waals surface area contributed by atoms with E-state index in [0.717, 1.165) is 68.3 Å². The third-order valence-corrected chi connectivity index (χ3v) is 15.3. The molecule has 476 valence electrons. The van der Waals surface area contributed by atoms with Crippen LogP contribution in [0.4, 0.5) is 0 Å². The summed E-state index contributed by atoms with van der Waals surface area (Å²) in [5, 5.41) is 35.5. The number of pyridine rings is 8. The first-order chi connectivity index (χ1) is 47.4. The number of rotatable bonds is 9. The van der Waals surface area contributed by atoms with Crippen molar-refractivity contribution in [3.63, 3.8) is 0 Å². The molecule has 0 bridgehead atoms. The smallest absolute Gasteiger partial charge is 0.423 e. The molecule has 97 heavy (non-hydrogen) atoms. The summed E-state index contributed by atoms with van der Waals surface area (Å²) in [5.41, 5.74) is 11.4. The zero-order chi connectivity index (χ0) is 68.1. The summed E-state index contributed by atoms with van der Waals surface area (Å²) in [4.78, 5) is 69.6. The summed E-state index contributed by atoms with van der Waals surface area (Å²) < 4.78 is 15.1. The maximum Gasteiger partial charge on any atom is 0.495 e. The van der Waals surface area contributed by atoms with Crippen molar-refractivity contribution in [3.05, 3.63) is 354 Å². The summed E-state index contributed by atoms with van der Waals surface area (Å²) in [7, 11) is -1.70. The van der Waals surface area contributed by atoms with E-state index in [1.807, 2.05) is 170 Å². The molecule has 0 saturated carbocycles. The molecule has 0 aliphatic carbocycles. The zero-order valence-corrected chi connectivity index (χ0v) is 54.8. The lowest BCUT2D eigenvalue weighted by Gasteiger charge is -2.20. The standard InChI is InChI=1S/C23H15N3O.C16H11BrN2O.C10H10BNO2.C10H7BrN2O.C10H8N2O.C6H7BO2/c24-15-17-8-4-5-11-20(17)21-14-18(22-12-6-7-13-25-22)16-26(23(21)27)19-9-2-1-3-10-19;17-14-10-12(15-8-4-5-9-18-15)11-19(16(14)20)13-6-2-1-3-7-13;12-8-9-4-1-2-5-10(9)11-13-6-3-7-14-11;11-8-5-7(6-13-10(8)14)9-3-1-2-4-12-9;13-10-5-4-8(7-12-10)9-3-1-2-6-11-9;8-7(9)6-4-2-1-3-5-6/h1-14,16H;1-11H;1-2,4-5H,3,6-7H2;1-6H,(H,13,14);1-7H,(H,12,13);1-5,8-9H. The number of para-hydroxylation sites is 2. The van der Waals surface area contributed by atoms with Crippen molar-refractivity contribution in [1.29, 1.82) is 10.5 Å². The highest BCUT2D eigenvalue weighted by molar-refractivity contribution is 9.10. The lowest BCUT2D eigenvalue weighted by atomic mass is 9.75. The summed E-state index contributed by atoms with van der Waals surface area (Å²) in [6.45, 7) is 1.40. The molecule has 18 nitrogen and oxygen atoms in total. The van der Waals surface area contributed by atoms with Gasteiger partial charge in [0.05, 0.1) is 55.0 Å². The number of benzene rings is 5. The minimum atomic E-state index is -1.34. The van der Waals surface area contributed by atoms with E-state index < -0.39 is 7.12 Å². The molecule has 14 rings (SSSR count). The fourth-order valence-corrected chi connectivity index (χ4v) is 10.2. The molecule has 1 aliphatic rings. The second-order valence-electron chi connectivity index (χ2n) is 20.7. The van der Waals surface area contributed by atoms with E-state index in [0.29, 0.717) is 49.9 Å². The van der Waals surface area contributed by atoms with Gasteiger partial charge in [0.1, 0.15) is 0 Å². The maximum absolute atomic E-state index is 13.3. The van der Waals surface area contributed by atoms with Crippen LogP contribution in [0.2, 0.25) is 0 Å². The predicted octanol–water partition coefficient (Wildman–Crippen LogP) is 11.8. The van der Waals surface area contributed by atoms with Crippen LogP contribution in [0.25, 0.3) is 67.5 Å². The fraction of sp³-hybridized carbons (Fsp3) is 0.0400. The van der Waals surface area contributed by atoms with Crippen LogP contribution in [0.3, 0.4) is 0 Å². The van der Waals surface area contributed by atoms with Gasteiger partial charge in [-0.15, -0.1) is 0 Å². The molecule has 0 radical (unpaired) electrons. The van der Waals surface area contributed by atoms with Gasteiger partial charge in [0, 0.05) is 119 Å². The van der Waals surface area contributed by atoms with Crippen LogP contribution in [-0.2, 0) is 9.31 Å². The van der Waals surface area contributed by atoms with Gasteiger partial charge in [-0.2, -0.15) is 10.5 Å². The highest BCUT2D eigenvalue weighted by Gasteiger charge is 2.26. The first kappa shape index (κ1) is 69.7. The Labute approximate surface area is 575 Å². The summed E-state index contributed by atoms with van der Waals surface area (Å²) in [6, 6.07) is 77.7. The number of hydrogen-bond donors (Lipinski definition) is 4. The molecule has 4 N–H and O–H groups in total. The largest absolute Gasteiger partial charge is 0.495 e. The molecule has 13 aromatic rings. The van der Waals surface area contributed by atoms with E-state index >= 15 is 0 Å². The lowest BCUT2D eigenvalue weighted by molar-refractivity contribution is 0.143. The summed E-state index contributed by atoms with van der Waals surface area (Å²) >= 11 is 6.50. The lowest BCUT2D eigenvalue weighted by Crippen LogP contribution is -2.42. The Hall–Kier alpha value is -11.6. The van der Waals surface area contributed by atoms with Crippen LogP contribution < -0.4 is 33.2 Å². The monoisotopic (exact) mass is 1410 g/mol. The third kappa shape index (κ3) is 20.0. The van der Waals surface area contributed by atoms with E-state index in [2.05, 4.69) is 73.9 Å². The van der Waals surface area contributed by atoms with Crippen molar-refractivity contribution in [2.75, 3.05) is 13.2 Å². The fourth-order valence-electron chi connectivity index (χ4n) is 9.38. The Kier molecular flexibility index (Phi) is 26.0. The number of halogens is 2. The number of aromatic nitrogens is 8. The summed E-state index contributed by atoms with van der Waals surface area (Å²) in [5.74, 6) is 0. The van der Waals surface area contributed by atoms with Crippen LogP contribution in [0.15, 0.2) is 320 Å². The van der Waals surface area contributed by atoms with Gasteiger partial charge in [0.25, 0.3) is 16.7 Å². The molecule has 1 saturated heterocycles. The zero-order valence-electron chi connectivity index (χ0n) is 51.7. The van der Waals surface area contributed by atoms with E-state index in [1.165, 1.54) is 6.07 Å². The molecule has 0 spiro atoms. The molecular weight excluding hydrogens is 1350 g/mol. The Morgan fingerprint density at radius 2 is 0.897 bits per heavy atom. The minimum Gasteiger partial charge on any atom is -0.423 e. The molecule has 8 aromatic heterocycles. The Bertz CT molecular complexity index is 4970. The van der Waals surface area contributed by atoms with Crippen LogP contribution in [0.1, 0.15) is 17.5 Å². The van der Waals surface area contributed by atoms with Crippen molar-refractivity contribution in [1.82, 2.24) is 39.0 Å². The highest BCUT2D eigenvalue weighted by atomic mass is 79.9. The van der Waals surface area contributed by atoms with Crippen LogP contribution in [0, 0.1) is 22.7 Å². The van der Waals surface area contributed by atoms with E-state index in [4.69, 9.17) is 24.6 Å². The Morgan fingerprint density at radius 1 is 0.454 bits per heavy atom. The third-order valence-electron chi connectivity index (χ3n) is 14.1. The van der Waals surface area contributed by atoms with Crippen LogP contribution in [-0.4, -0.2) is 76.5 Å². The van der Waals surface area contributed by atoms with Gasteiger partial charge in [-0.25, -0.2) is 0 Å². The number of nitriles is 2. The highest BCUT2D eigenvalue weighted by Crippen LogP contribution is 2.27. The van der Waals surface area contributed by atoms with E-state index in [-0.39, 0.29) is 29.4 Å². The molecule has 5 aromatic carbocycles. The van der Waals surface area contributed by atoms with Crippen molar-refractivity contribution in [2.24, 2.45) is 0 Å². The predicted molar refractivity (Wildman–Crippen MR) is 386 cm³/mol. The van der Waals surface area contributed by atoms with Gasteiger partial charge >= 0.3 is 14.2 Å². The van der Waals surface area contributed by atoms with Gasteiger partial charge in [-0.05, 0) is 153 Å². The normalized spacial score (nSPS) is 11.0. The van der Waals surface area contributed by atoms with Gasteiger partial charge in [-0.1, -0.05) is 127 Å². The number of aromatic amines is 2. The number of H-pyrrole nitrogens is 2. The van der Waals surface area contributed by atoms with Crippen molar-refractivity contribution in [2.45, 2.75) is 6.42 Å². The van der Waals surface area contributed by atoms with Crippen molar-refractivity contribution < 1.29 is 19.4 Å². The van der Waals surface area contributed by atoms with Gasteiger partial charge in [0.2, 0.25) is 5.56 Å². The van der Waals surface area contributed by atoms with Gasteiger partial charge in [0.15, 0.2) is 0 Å². The first-order valence-electron chi connectivity index (χ1n) is 30.0. The number of nitrogens with zero attached hydrogens (tertiary/aromatic N) is 8. The van der Waals surface area contributed by atoms with Crippen LogP contribution in [0.5, 0.6) is 0 Å². The molecule has 0 amide bonds. The average Bonchev–Trinajstić information content (AvgIpc) is 0.804. The second-order valence-corrected chi connectivity index (χ2v) is 22.4. The number of hydrogen-bond acceptors (Lipinski definition) is 14. The summed E-state index contributed by atoms with van der Waals surface area (Å²) in [6.07, 6.45) is 14.7. The second kappa shape index (κ2) is 36.2. The number of nitrogens with one attached hydrogen (secondary N) is 2. The van der Waals surface area contributed by atoms with Crippen molar-refractivity contribution in [3.8, 4) is 79.7 Å². The molecule has 9 heterocycles. The van der Waals surface area contributed by atoms with Crippen LogP contribution >= 0.6 is 31.9 Å². The topological polar surface area (TPSA) is 268 Å². The Morgan fingerprint density at radius 3 is 1.38 bits per heavy atom. The molecule has 1 fully saturated rings. The first-order valence-corrected chi connectivity index (χ1v) is 31.6. The van der Waals surface area contributed by atoms with E-state index in [1.54, 1.807) is 125 Å². The maximum atomic E-state index is 13.3. The minimum absolute atomic E-state index is 0.0871. The van der Waals surface area contributed by atoms with Gasteiger partial charge in [-0.3, -0.25) is 48.2 Å². The molecule has 0 atom stereocenters. The Balaban J connectivity index is 0.000000141. The molecule has 1 aliphatic heterocycles. The molecule has 0 unspecified atom stereocenters. The van der Waals surface area contributed by atoms with Crippen molar-refractivity contribution >= 4 is 57.0 Å². The average molecular weight is 1410 g/mol.